The predicted molar refractivity (Wildman–Crippen MR) is 232 cm³/mol. The average molecular weight is 715 g/mol. The van der Waals surface area contributed by atoms with Crippen molar-refractivity contribution in [2.45, 2.75) is 0 Å². The van der Waals surface area contributed by atoms with Gasteiger partial charge in [0.1, 0.15) is 5.65 Å². The second kappa shape index (κ2) is 13.1. The summed E-state index contributed by atoms with van der Waals surface area (Å²) in [6.07, 6.45) is 0. The monoisotopic (exact) mass is 714 g/mol. The van der Waals surface area contributed by atoms with Gasteiger partial charge in [-0.2, -0.15) is 0 Å². The Morgan fingerprint density at radius 2 is 0.768 bits per heavy atom. The van der Waals surface area contributed by atoms with Crippen LogP contribution in [0.3, 0.4) is 0 Å². The molecule has 262 valence electrons. The van der Waals surface area contributed by atoms with Gasteiger partial charge in [-0.3, -0.25) is 4.57 Å². The Kier molecular flexibility index (Phi) is 7.46. The zero-order chi connectivity index (χ0) is 37.0. The molecule has 0 saturated heterocycles. The van der Waals surface area contributed by atoms with Gasteiger partial charge in [0.05, 0.1) is 27.6 Å². The van der Waals surface area contributed by atoms with Crippen molar-refractivity contribution >= 4 is 43.7 Å². The van der Waals surface area contributed by atoms with Crippen LogP contribution in [0, 0.1) is 0 Å². The van der Waals surface area contributed by atoms with Crippen LogP contribution in [0.2, 0.25) is 0 Å². The maximum atomic E-state index is 5.27. The molecule has 0 unspecified atom stereocenters. The van der Waals surface area contributed by atoms with Crippen LogP contribution in [0.1, 0.15) is 0 Å². The third-order valence-corrected chi connectivity index (χ3v) is 11.0. The first-order valence-electron chi connectivity index (χ1n) is 19.0. The summed E-state index contributed by atoms with van der Waals surface area (Å²) in [5, 5.41) is 4.68. The summed E-state index contributed by atoms with van der Waals surface area (Å²) in [6.45, 7) is 0. The van der Waals surface area contributed by atoms with Crippen LogP contribution in [-0.4, -0.2) is 19.1 Å². The van der Waals surface area contributed by atoms with Crippen molar-refractivity contribution in [2.24, 2.45) is 0 Å². The molecular formula is C52H34N4. The van der Waals surface area contributed by atoms with Crippen molar-refractivity contribution < 1.29 is 0 Å². The van der Waals surface area contributed by atoms with Gasteiger partial charge in [-0.1, -0.05) is 158 Å². The number of hydrogen-bond acceptors (Lipinski definition) is 2. The Balaban J connectivity index is 1.00. The lowest BCUT2D eigenvalue weighted by molar-refractivity contribution is 1.11. The first-order chi connectivity index (χ1) is 27.8. The van der Waals surface area contributed by atoms with E-state index in [4.69, 9.17) is 9.97 Å². The van der Waals surface area contributed by atoms with Crippen molar-refractivity contribution in [1.29, 1.82) is 0 Å². The van der Waals surface area contributed by atoms with Crippen LogP contribution >= 0.6 is 0 Å². The highest BCUT2D eigenvalue weighted by atomic mass is 15.1. The number of rotatable bonds is 6. The smallest absolute Gasteiger partial charge is 0.162 e. The molecule has 8 aromatic carbocycles. The largest absolute Gasteiger partial charge is 0.309 e. The normalized spacial score (nSPS) is 11.6. The van der Waals surface area contributed by atoms with Gasteiger partial charge in [0, 0.05) is 38.7 Å². The second-order valence-electron chi connectivity index (χ2n) is 14.2. The Morgan fingerprint density at radius 1 is 0.304 bits per heavy atom. The lowest BCUT2D eigenvalue weighted by Gasteiger charge is -2.12. The molecule has 0 fully saturated rings. The number of benzene rings is 8. The summed E-state index contributed by atoms with van der Waals surface area (Å²) in [7, 11) is 0. The fraction of sp³-hybridized carbons (Fsp3) is 0. The molecule has 0 radical (unpaired) electrons. The summed E-state index contributed by atoms with van der Waals surface area (Å²) in [6, 6.07) is 73.2. The van der Waals surface area contributed by atoms with Crippen LogP contribution in [0.25, 0.3) is 100 Å². The quantitative estimate of drug-likeness (QED) is 0.172. The van der Waals surface area contributed by atoms with E-state index in [1.54, 1.807) is 0 Å². The number of para-hydroxylation sites is 2. The Morgan fingerprint density at radius 3 is 1.41 bits per heavy atom. The SMILES string of the molecule is c1ccc(-c2ccc3c(c2)c2ccccc2n3-c2ccc(-c3ccc(-n4c5ccccc5c5c(-c6ccccc6)nc(-c6ccccc6)nc54)cc3)cc2)cc1. The van der Waals surface area contributed by atoms with E-state index in [-0.39, 0.29) is 0 Å². The predicted octanol–water partition coefficient (Wildman–Crippen LogP) is 13.3. The molecule has 0 atom stereocenters. The van der Waals surface area contributed by atoms with E-state index in [1.807, 2.05) is 24.3 Å². The van der Waals surface area contributed by atoms with E-state index < -0.39 is 0 Å². The summed E-state index contributed by atoms with van der Waals surface area (Å²) >= 11 is 0. The van der Waals surface area contributed by atoms with E-state index in [9.17, 15) is 0 Å². The van der Waals surface area contributed by atoms with Crippen LogP contribution < -0.4 is 0 Å². The van der Waals surface area contributed by atoms with Gasteiger partial charge in [-0.15, -0.1) is 0 Å². The maximum Gasteiger partial charge on any atom is 0.162 e. The molecule has 11 aromatic rings. The summed E-state index contributed by atoms with van der Waals surface area (Å²) < 4.78 is 4.66. The maximum absolute atomic E-state index is 5.27. The summed E-state index contributed by atoms with van der Waals surface area (Å²) in [5.41, 5.74) is 14.3. The van der Waals surface area contributed by atoms with Crippen LogP contribution in [0.5, 0.6) is 0 Å². The van der Waals surface area contributed by atoms with E-state index in [0.717, 1.165) is 61.3 Å². The molecule has 11 rings (SSSR count). The first kappa shape index (κ1) is 31.9. The molecule has 0 aliphatic rings. The third kappa shape index (κ3) is 5.23. The van der Waals surface area contributed by atoms with Crippen molar-refractivity contribution in [3.63, 3.8) is 0 Å². The minimum absolute atomic E-state index is 0.706. The fourth-order valence-electron chi connectivity index (χ4n) is 8.30. The topological polar surface area (TPSA) is 35.6 Å². The zero-order valence-electron chi connectivity index (χ0n) is 30.4. The standard InChI is InChI=1S/C52H34N4/c1-4-14-35(15-5-1)40-28-33-48-45(34-40)43-20-10-12-22-46(43)55(48)41-29-24-36(25-30-41)37-26-31-42(32-27-37)56-47-23-13-11-21-44(47)49-50(38-16-6-2-7-17-38)53-51(54-52(49)56)39-18-8-3-9-19-39/h1-34H. The molecule has 56 heavy (non-hydrogen) atoms. The van der Waals surface area contributed by atoms with E-state index in [2.05, 4.69) is 191 Å². The number of aromatic nitrogens is 4. The number of hydrogen-bond donors (Lipinski definition) is 0. The molecule has 0 N–H and O–H groups in total. The van der Waals surface area contributed by atoms with Crippen molar-refractivity contribution in [1.82, 2.24) is 19.1 Å². The van der Waals surface area contributed by atoms with Gasteiger partial charge in [-0.25, -0.2) is 9.97 Å². The van der Waals surface area contributed by atoms with Crippen molar-refractivity contribution in [3.05, 3.63) is 206 Å². The third-order valence-electron chi connectivity index (χ3n) is 11.0. The average Bonchev–Trinajstić information content (AvgIpc) is 3.80. The van der Waals surface area contributed by atoms with Gasteiger partial charge in [0.15, 0.2) is 5.82 Å². The highest BCUT2D eigenvalue weighted by Gasteiger charge is 2.21. The molecule has 0 aliphatic heterocycles. The molecule has 0 bridgehead atoms. The highest BCUT2D eigenvalue weighted by Crippen LogP contribution is 2.39. The Labute approximate surface area is 324 Å². The van der Waals surface area contributed by atoms with E-state index in [1.165, 1.54) is 32.9 Å². The van der Waals surface area contributed by atoms with Gasteiger partial charge >= 0.3 is 0 Å². The van der Waals surface area contributed by atoms with Gasteiger partial charge in [-0.05, 0) is 70.8 Å². The molecule has 0 spiro atoms. The van der Waals surface area contributed by atoms with Gasteiger partial charge in [0.2, 0.25) is 0 Å². The van der Waals surface area contributed by atoms with Crippen LogP contribution in [0.4, 0.5) is 0 Å². The highest BCUT2D eigenvalue weighted by molar-refractivity contribution is 6.14. The Hall–Kier alpha value is -7.56. The molecule has 0 saturated carbocycles. The molecule has 0 amide bonds. The second-order valence-corrected chi connectivity index (χ2v) is 14.2. The van der Waals surface area contributed by atoms with Gasteiger partial charge in [0.25, 0.3) is 0 Å². The van der Waals surface area contributed by atoms with E-state index >= 15 is 0 Å². The first-order valence-corrected chi connectivity index (χ1v) is 19.0. The number of nitrogens with zero attached hydrogens (tertiary/aromatic N) is 4. The molecular weight excluding hydrogens is 681 g/mol. The lowest BCUT2D eigenvalue weighted by atomic mass is 10.0. The molecule has 3 aromatic heterocycles. The molecule has 0 aliphatic carbocycles. The lowest BCUT2D eigenvalue weighted by Crippen LogP contribution is -1.99. The minimum Gasteiger partial charge on any atom is -0.309 e. The van der Waals surface area contributed by atoms with Gasteiger partial charge < -0.3 is 4.57 Å². The Bertz CT molecular complexity index is 3200. The minimum atomic E-state index is 0.706. The van der Waals surface area contributed by atoms with Crippen molar-refractivity contribution in [3.8, 4) is 56.3 Å². The molecule has 4 nitrogen and oxygen atoms in total. The van der Waals surface area contributed by atoms with Crippen LogP contribution in [-0.2, 0) is 0 Å². The fourth-order valence-corrected chi connectivity index (χ4v) is 8.30. The summed E-state index contributed by atoms with van der Waals surface area (Å²) in [4.78, 5) is 10.5. The van der Waals surface area contributed by atoms with Crippen LogP contribution in [0.15, 0.2) is 206 Å². The molecule has 4 heteroatoms. The molecule has 3 heterocycles. The van der Waals surface area contributed by atoms with E-state index in [0.29, 0.717) is 5.82 Å². The summed E-state index contributed by atoms with van der Waals surface area (Å²) in [5.74, 6) is 0.706. The van der Waals surface area contributed by atoms with Crippen molar-refractivity contribution in [2.75, 3.05) is 0 Å². The zero-order valence-corrected chi connectivity index (χ0v) is 30.4. The number of fused-ring (bicyclic) bond motifs is 6.